The molecule has 17 heavy (non-hydrogen) atoms. The summed E-state index contributed by atoms with van der Waals surface area (Å²) in [5.41, 5.74) is 0. The van der Waals surface area contributed by atoms with Crippen molar-refractivity contribution in [1.82, 2.24) is 0 Å². The number of nitrogens with zero attached hydrogens (tertiary/aromatic N) is 1. The van der Waals surface area contributed by atoms with Crippen molar-refractivity contribution in [3.05, 3.63) is 40.4 Å². The molecule has 1 aromatic rings. The fourth-order valence-corrected chi connectivity index (χ4v) is 1.12. The number of esters is 1. The van der Waals surface area contributed by atoms with Gasteiger partial charge in [0.1, 0.15) is 5.75 Å². The molecule has 1 aromatic carbocycles. The van der Waals surface area contributed by atoms with Crippen molar-refractivity contribution in [3.63, 3.8) is 0 Å². The van der Waals surface area contributed by atoms with Crippen molar-refractivity contribution in [1.29, 1.82) is 0 Å². The van der Waals surface area contributed by atoms with Gasteiger partial charge in [0.25, 0.3) is 0 Å². The van der Waals surface area contributed by atoms with Gasteiger partial charge < -0.3 is 4.74 Å². The van der Waals surface area contributed by atoms with Crippen LogP contribution in [0.2, 0.25) is 0 Å². The molecule has 1 atom stereocenters. The zero-order chi connectivity index (χ0) is 12.7. The molecule has 0 N–H and O–H groups in total. The molecule has 1 rings (SSSR count). The predicted octanol–water partition coefficient (Wildman–Crippen LogP) is 1.65. The lowest BCUT2D eigenvalue weighted by molar-refractivity contribution is -0.508. The minimum atomic E-state index is -1.44. The Morgan fingerprint density at radius 1 is 1.47 bits per heavy atom. The Kier molecular flexibility index (Phi) is 4.70. The van der Waals surface area contributed by atoms with Gasteiger partial charge in [-0.1, -0.05) is 24.1 Å². The van der Waals surface area contributed by atoms with E-state index in [9.17, 15) is 14.9 Å². The van der Waals surface area contributed by atoms with E-state index in [1.807, 2.05) is 0 Å². The van der Waals surface area contributed by atoms with Gasteiger partial charge in [-0.05, 0) is 19.1 Å². The Morgan fingerprint density at radius 2 is 2.12 bits per heavy atom. The molecule has 0 aliphatic rings. The zero-order valence-corrected chi connectivity index (χ0v) is 9.25. The second-order valence-electron chi connectivity index (χ2n) is 3.17. The van der Waals surface area contributed by atoms with E-state index in [2.05, 4.69) is 11.8 Å². The number of nitro groups is 1. The SMILES string of the molecule is CC#CCC(C(=O)Oc1ccccc1)[N+](=O)[O-]. The van der Waals surface area contributed by atoms with Gasteiger partial charge in [-0.15, -0.1) is 5.92 Å². The van der Waals surface area contributed by atoms with Crippen LogP contribution in [0.25, 0.3) is 0 Å². The monoisotopic (exact) mass is 233 g/mol. The number of carbonyl (C=O) groups is 1. The standard InChI is InChI=1S/C12H11NO4/c1-2-3-9-11(13(15)16)12(14)17-10-7-5-4-6-8-10/h4-8,11H,9H2,1H3. The summed E-state index contributed by atoms with van der Waals surface area (Å²) in [5, 5.41) is 10.7. The van der Waals surface area contributed by atoms with Gasteiger partial charge in [0.05, 0.1) is 6.42 Å². The Balaban J connectivity index is 2.71. The van der Waals surface area contributed by atoms with Gasteiger partial charge >= 0.3 is 12.0 Å². The minimum Gasteiger partial charge on any atom is -0.421 e. The lowest BCUT2D eigenvalue weighted by atomic mass is 10.2. The Bertz CT molecular complexity index is 458. The Morgan fingerprint density at radius 3 is 2.65 bits per heavy atom. The maximum absolute atomic E-state index is 11.5. The number of para-hydroxylation sites is 1. The van der Waals surface area contributed by atoms with Crippen molar-refractivity contribution in [3.8, 4) is 17.6 Å². The van der Waals surface area contributed by atoms with E-state index >= 15 is 0 Å². The second kappa shape index (κ2) is 6.28. The van der Waals surface area contributed by atoms with Gasteiger partial charge in [0, 0.05) is 4.92 Å². The highest BCUT2D eigenvalue weighted by molar-refractivity contribution is 5.77. The number of carbonyl (C=O) groups excluding carboxylic acids is 1. The molecule has 0 bridgehead atoms. The molecule has 0 saturated heterocycles. The van der Waals surface area contributed by atoms with Crippen molar-refractivity contribution in [2.75, 3.05) is 0 Å². The summed E-state index contributed by atoms with van der Waals surface area (Å²) in [6.07, 6.45) is -0.144. The maximum atomic E-state index is 11.5. The minimum absolute atomic E-state index is 0.144. The van der Waals surface area contributed by atoms with Gasteiger partial charge in [0.2, 0.25) is 0 Å². The van der Waals surface area contributed by atoms with E-state index in [4.69, 9.17) is 4.74 Å². The third-order valence-corrected chi connectivity index (χ3v) is 1.96. The van der Waals surface area contributed by atoms with E-state index in [1.54, 1.807) is 37.3 Å². The van der Waals surface area contributed by atoms with Gasteiger partial charge in [-0.25, -0.2) is 4.79 Å². The summed E-state index contributed by atoms with van der Waals surface area (Å²) >= 11 is 0. The van der Waals surface area contributed by atoms with Crippen LogP contribution in [0.15, 0.2) is 30.3 Å². The van der Waals surface area contributed by atoms with Crippen LogP contribution in [0.4, 0.5) is 0 Å². The van der Waals surface area contributed by atoms with E-state index in [1.165, 1.54) is 0 Å². The summed E-state index contributed by atoms with van der Waals surface area (Å²) in [7, 11) is 0. The molecule has 0 aliphatic carbocycles. The maximum Gasteiger partial charge on any atom is 0.388 e. The van der Waals surface area contributed by atoms with E-state index in [0.717, 1.165) is 0 Å². The van der Waals surface area contributed by atoms with Crippen LogP contribution in [0.5, 0.6) is 5.75 Å². The highest BCUT2D eigenvalue weighted by Crippen LogP contribution is 2.11. The third-order valence-electron chi connectivity index (χ3n) is 1.96. The average molecular weight is 233 g/mol. The number of ether oxygens (including phenoxy) is 1. The summed E-state index contributed by atoms with van der Waals surface area (Å²) in [5.74, 6) is 4.40. The van der Waals surface area contributed by atoms with Gasteiger partial charge in [-0.2, -0.15) is 0 Å². The zero-order valence-electron chi connectivity index (χ0n) is 9.25. The topological polar surface area (TPSA) is 69.4 Å². The summed E-state index contributed by atoms with van der Waals surface area (Å²) in [6, 6.07) is 6.78. The lowest BCUT2D eigenvalue weighted by Gasteiger charge is -2.06. The molecule has 0 fully saturated rings. The summed E-state index contributed by atoms with van der Waals surface area (Å²) in [6.45, 7) is 1.56. The first-order valence-electron chi connectivity index (χ1n) is 4.95. The fraction of sp³-hybridized carbons (Fsp3) is 0.250. The normalized spacial score (nSPS) is 10.9. The largest absolute Gasteiger partial charge is 0.421 e. The Hall–Kier alpha value is -2.35. The van der Waals surface area contributed by atoms with Crippen molar-refractivity contribution >= 4 is 5.97 Å². The third kappa shape index (κ3) is 3.95. The van der Waals surface area contributed by atoms with Crippen molar-refractivity contribution in [2.45, 2.75) is 19.4 Å². The first-order chi connectivity index (χ1) is 8.15. The van der Waals surface area contributed by atoms with Gasteiger partial charge in [-0.3, -0.25) is 10.1 Å². The van der Waals surface area contributed by atoms with Crippen LogP contribution in [-0.2, 0) is 4.79 Å². The number of hydrogen-bond acceptors (Lipinski definition) is 4. The predicted molar refractivity (Wildman–Crippen MR) is 60.9 cm³/mol. The van der Waals surface area contributed by atoms with Crippen molar-refractivity contribution in [2.24, 2.45) is 0 Å². The second-order valence-corrected chi connectivity index (χ2v) is 3.17. The van der Waals surface area contributed by atoms with E-state index < -0.39 is 16.9 Å². The quantitative estimate of drug-likeness (QED) is 0.261. The summed E-state index contributed by atoms with van der Waals surface area (Å²) < 4.78 is 4.89. The number of rotatable bonds is 4. The van der Waals surface area contributed by atoms with Crippen LogP contribution in [-0.4, -0.2) is 16.9 Å². The van der Waals surface area contributed by atoms with E-state index in [-0.39, 0.29) is 12.2 Å². The molecule has 0 spiro atoms. The average Bonchev–Trinajstić information content (AvgIpc) is 2.30. The van der Waals surface area contributed by atoms with Crippen molar-refractivity contribution < 1.29 is 14.5 Å². The first-order valence-corrected chi connectivity index (χ1v) is 4.95. The fourth-order valence-electron chi connectivity index (χ4n) is 1.12. The smallest absolute Gasteiger partial charge is 0.388 e. The molecule has 0 aliphatic heterocycles. The van der Waals surface area contributed by atoms with Crippen LogP contribution in [0, 0.1) is 22.0 Å². The van der Waals surface area contributed by atoms with Crippen LogP contribution in [0.1, 0.15) is 13.3 Å². The van der Waals surface area contributed by atoms with Crippen LogP contribution in [0.3, 0.4) is 0 Å². The molecule has 0 radical (unpaired) electrons. The molecule has 88 valence electrons. The molecule has 0 amide bonds. The lowest BCUT2D eigenvalue weighted by Crippen LogP contribution is -2.32. The highest BCUT2D eigenvalue weighted by atomic mass is 16.6. The Labute approximate surface area is 98.5 Å². The highest BCUT2D eigenvalue weighted by Gasteiger charge is 2.30. The number of benzene rings is 1. The van der Waals surface area contributed by atoms with Crippen LogP contribution >= 0.6 is 0 Å². The first kappa shape index (κ1) is 12.7. The molecular weight excluding hydrogens is 222 g/mol. The molecule has 5 heteroatoms. The molecular formula is C12H11NO4. The van der Waals surface area contributed by atoms with Crippen LogP contribution < -0.4 is 4.74 Å². The van der Waals surface area contributed by atoms with Gasteiger partial charge in [0.15, 0.2) is 0 Å². The molecule has 0 saturated carbocycles. The molecule has 0 aromatic heterocycles. The molecule has 5 nitrogen and oxygen atoms in total. The molecule has 1 unspecified atom stereocenters. The molecule has 0 heterocycles. The summed E-state index contributed by atoms with van der Waals surface area (Å²) in [4.78, 5) is 21.5. The number of hydrogen-bond donors (Lipinski definition) is 0. The van der Waals surface area contributed by atoms with E-state index in [0.29, 0.717) is 0 Å².